The summed E-state index contributed by atoms with van der Waals surface area (Å²) >= 11 is 3.56. The van der Waals surface area contributed by atoms with Crippen LogP contribution < -0.4 is 4.74 Å². The normalized spacial score (nSPS) is 19.9. The summed E-state index contributed by atoms with van der Waals surface area (Å²) in [5.41, 5.74) is 2.27. The van der Waals surface area contributed by atoms with Crippen molar-refractivity contribution in [3.63, 3.8) is 0 Å². The van der Waals surface area contributed by atoms with Crippen molar-refractivity contribution in [2.45, 2.75) is 19.6 Å². The van der Waals surface area contributed by atoms with E-state index in [0.29, 0.717) is 19.7 Å². The Morgan fingerprint density at radius 2 is 2.35 bits per heavy atom. The van der Waals surface area contributed by atoms with Gasteiger partial charge in [-0.15, -0.1) is 0 Å². The molecule has 1 aliphatic rings. The van der Waals surface area contributed by atoms with Gasteiger partial charge in [0.2, 0.25) is 0 Å². The van der Waals surface area contributed by atoms with E-state index in [1.165, 1.54) is 0 Å². The van der Waals surface area contributed by atoms with Crippen LogP contribution in [-0.4, -0.2) is 48.9 Å². The Kier molecular flexibility index (Phi) is 5.01. The molecule has 1 atom stereocenters. The second-order valence-corrected chi connectivity index (χ2v) is 5.60. The van der Waals surface area contributed by atoms with E-state index in [1.807, 2.05) is 19.1 Å². The number of hydrogen-bond acceptors (Lipinski definition) is 4. The third-order valence-corrected chi connectivity index (χ3v) is 4.34. The molecule has 110 valence electrons. The van der Waals surface area contributed by atoms with Crippen LogP contribution in [0.25, 0.3) is 0 Å². The molecule has 1 saturated heterocycles. The average molecular weight is 344 g/mol. The van der Waals surface area contributed by atoms with Gasteiger partial charge in [0.25, 0.3) is 0 Å². The first-order valence-electron chi connectivity index (χ1n) is 6.41. The van der Waals surface area contributed by atoms with Gasteiger partial charge in [-0.25, -0.2) is 4.79 Å². The Morgan fingerprint density at radius 3 is 3.00 bits per heavy atom. The zero-order chi connectivity index (χ0) is 14.7. The lowest BCUT2D eigenvalue weighted by Gasteiger charge is -2.31. The molecule has 0 spiro atoms. The second-order valence-electron chi connectivity index (χ2n) is 4.81. The third-order valence-electron chi connectivity index (χ3n) is 3.47. The molecule has 6 heteroatoms. The SMILES string of the molecule is COc1ccc(C)c(CN2CCOC(C(=O)O)C2)c1Br. The van der Waals surface area contributed by atoms with Crippen molar-refractivity contribution in [3.05, 3.63) is 27.7 Å². The number of benzene rings is 1. The van der Waals surface area contributed by atoms with Crippen molar-refractivity contribution in [3.8, 4) is 5.75 Å². The minimum Gasteiger partial charge on any atom is -0.496 e. The maximum Gasteiger partial charge on any atom is 0.334 e. The Bertz CT molecular complexity index is 506. The van der Waals surface area contributed by atoms with Crippen molar-refractivity contribution < 1.29 is 19.4 Å². The largest absolute Gasteiger partial charge is 0.496 e. The van der Waals surface area contributed by atoms with Crippen molar-refractivity contribution >= 4 is 21.9 Å². The number of carboxylic acids is 1. The lowest BCUT2D eigenvalue weighted by atomic mass is 10.1. The molecule has 1 aliphatic heterocycles. The molecule has 0 bridgehead atoms. The molecule has 1 unspecified atom stereocenters. The van der Waals surface area contributed by atoms with Gasteiger partial charge in [-0.05, 0) is 40.0 Å². The molecule has 1 N–H and O–H groups in total. The highest BCUT2D eigenvalue weighted by Gasteiger charge is 2.27. The lowest BCUT2D eigenvalue weighted by Crippen LogP contribution is -2.45. The molecule has 20 heavy (non-hydrogen) atoms. The van der Waals surface area contributed by atoms with Crippen LogP contribution in [0.1, 0.15) is 11.1 Å². The van der Waals surface area contributed by atoms with E-state index in [0.717, 1.165) is 27.9 Å². The summed E-state index contributed by atoms with van der Waals surface area (Å²) in [6.07, 6.45) is -0.742. The van der Waals surface area contributed by atoms with Gasteiger partial charge in [-0.1, -0.05) is 6.07 Å². The summed E-state index contributed by atoms with van der Waals surface area (Å²) in [5, 5.41) is 9.03. The van der Waals surface area contributed by atoms with Gasteiger partial charge in [-0.3, -0.25) is 4.90 Å². The Morgan fingerprint density at radius 1 is 1.60 bits per heavy atom. The van der Waals surface area contributed by atoms with E-state index in [1.54, 1.807) is 7.11 Å². The highest BCUT2D eigenvalue weighted by Crippen LogP contribution is 2.32. The second kappa shape index (κ2) is 6.56. The summed E-state index contributed by atoms with van der Waals surface area (Å²) in [6, 6.07) is 3.93. The first-order valence-corrected chi connectivity index (χ1v) is 7.21. The maximum atomic E-state index is 11.0. The molecule has 0 saturated carbocycles. The fraction of sp³-hybridized carbons (Fsp3) is 0.500. The first kappa shape index (κ1) is 15.3. The highest BCUT2D eigenvalue weighted by atomic mass is 79.9. The molecule has 1 aromatic carbocycles. The van der Waals surface area contributed by atoms with E-state index in [4.69, 9.17) is 14.6 Å². The van der Waals surface area contributed by atoms with Gasteiger partial charge in [0, 0.05) is 19.6 Å². The number of carbonyl (C=O) groups is 1. The van der Waals surface area contributed by atoms with Crippen molar-refractivity contribution in [2.75, 3.05) is 26.8 Å². The molecule has 0 aliphatic carbocycles. The summed E-state index contributed by atoms with van der Waals surface area (Å²) in [7, 11) is 1.63. The first-order chi connectivity index (χ1) is 9.52. The molecule has 0 amide bonds. The van der Waals surface area contributed by atoms with Gasteiger partial charge >= 0.3 is 5.97 Å². The van der Waals surface area contributed by atoms with Crippen LogP contribution in [0.5, 0.6) is 5.75 Å². The Hall–Kier alpha value is -1.11. The van der Waals surface area contributed by atoms with Crippen LogP contribution in [0.3, 0.4) is 0 Å². The molecule has 1 fully saturated rings. The number of hydrogen-bond donors (Lipinski definition) is 1. The van der Waals surface area contributed by atoms with Crippen LogP contribution in [0.2, 0.25) is 0 Å². The zero-order valence-corrected chi connectivity index (χ0v) is 13.1. The number of aliphatic carboxylic acids is 1. The molecular weight excluding hydrogens is 326 g/mol. The summed E-state index contributed by atoms with van der Waals surface area (Å²) < 4.78 is 11.5. The number of methoxy groups -OCH3 is 1. The van der Waals surface area contributed by atoms with Crippen molar-refractivity contribution in [1.82, 2.24) is 4.90 Å². The topological polar surface area (TPSA) is 59.0 Å². The predicted molar refractivity (Wildman–Crippen MR) is 78.1 cm³/mol. The molecule has 1 heterocycles. The number of halogens is 1. The van der Waals surface area contributed by atoms with Crippen LogP contribution >= 0.6 is 15.9 Å². The molecular formula is C14H18BrNO4. The summed E-state index contributed by atoms with van der Waals surface area (Å²) in [6.45, 7) is 4.29. The quantitative estimate of drug-likeness (QED) is 0.906. The number of rotatable bonds is 4. The highest BCUT2D eigenvalue weighted by molar-refractivity contribution is 9.10. The van der Waals surface area contributed by atoms with E-state index in [-0.39, 0.29) is 0 Å². The molecule has 5 nitrogen and oxygen atoms in total. The summed E-state index contributed by atoms with van der Waals surface area (Å²) in [4.78, 5) is 13.1. The Labute approximate surface area is 126 Å². The van der Waals surface area contributed by atoms with Crippen molar-refractivity contribution in [2.24, 2.45) is 0 Å². The fourth-order valence-corrected chi connectivity index (χ4v) is 3.00. The van der Waals surface area contributed by atoms with E-state index < -0.39 is 12.1 Å². The summed E-state index contributed by atoms with van der Waals surface area (Å²) in [5.74, 6) is -0.121. The fourth-order valence-electron chi connectivity index (χ4n) is 2.27. The zero-order valence-electron chi connectivity index (χ0n) is 11.6. The average Bonchev–Trinajstić information content (AvgIpc) is 2.44. The van der Waals surface area contributed by atoms with E-state index in [9.17, 15) is 4.79 Å². The lowest BCUT2D eigenvalue weighted by molar-refractivity contribution is -0.156. The monoisotopic (exact) mass is 343 g/mol. The Balaban J connectivity index is 2.15. The van der Waals surface area contributed by atoms with Crippen molar-refractivity contribution in [1.29, 1.82) is 0 Å². The third kappa shape index (κ3) is 3.31. The van der Waals surface area contributed by atoms with Gasteiger partial charge in [-0.2, -0.15) is 0 Å². The van der Waals surface area contributed by atoms with Gasteiger partial charge in [0.15, 0.2) is 6.10 Å². The van der Waals surface area contributed by atoms with Gasteiger partial charge in [0.1, 0.15) is 5.75 Å². The number of carboxylic acid groups (broad SMARTS) is 1. The van der Waals surface area contributed by atoms with Gasteiger partial charge < -0.3 is 14.6 Å². The van der Waals surface area contributed by atoms with Crippen LogP contribution in [0, 0.1) is 6.92 Å². The van der Waals surface area contributed by atoms with E-state index in [2.05, 4.69) is 20.8 Å². The van der Waals surface area contributed by atoms with Crippen LogP contribution in [-0.2, 0) is 16.1 Å². The number of morpholine rings is 1. The molecule has 2 rings (SSSR count). The minimum absolute atomic E-state index is 0.401. The van der Waals surface area contributed by atoms with E-state index >= 15 is 0 Å². The molecule has 0 aromatic heterocycles. The smallest absolute Gasteiger partial charge is 0.334 e. The number of aryl methyl sites for hydroxylation is 1. The van der Waals surface area contributed by atoms with Crippen LogP contribution in [0.15, 0.2) is 16.6 Å². The number of nitrogens with zero attached hydrogens (tertiary/aromatic N) is 1. The molecule has 0 radical (unpaired) electrons. The molecule has 1 aromatic rings. The number of ether oxygens (including phenoxy) is 2. The standard InChI is InChI=1S/C14H18BrNO4/c1-9-3-4-11(19-2)13(15)10(9)7-16-5-6-20-12(8-16)14(17)18/h3-4,12H,5-8H2,1-2H3,(H,17,18). The maximum absolute atomic E-state index is 11.0. The minimum atomic E-state index is -0.906. The predicted octanol–water partition coefficient (Wildman–Crippen LogP) is 2.05. The van der Waals surface area contributed by atoms with Crippen LogP contribution in [0.4, 0.5) is 0 Å². The van der Waals surface area contributed by atoms with Gasteiger partial charge in [0.05, 0.1) is 18.2 Å².